The quantitative estimate of drug-likeness (QED) is 0.688. The van der Waals surface area contributed by atoms with Crippen molar-refractivity contribution in [1.82, 2.24) is 0 Å². The summed E-state index contributed by atoms with van der Waals surface area (Å²) in [6.45, 7) is 5.70. The Morgan fingerprint density at radius 1 is 1.14 bits per heavy atom. The maximum Gasteiger partial charge on any atom is 0.420 e. The molecule has 0 aliphatic heterocycles. The smallest absolute Gasteiger partial charge is 0.410 e. The Kier molecular flexibility index (Phi) is 7.16. The average molecular weight is 379 g/mol. The molecule has 0 saturated carbocycles. The minimum atomic E-state index is -0.664. The number of carbonyl (C=O) groups excluding carboxylic acids is 2. The highest BCUT2D eigenvalue weighted by Crippen LogP contribution is 2.26. The number of carbonyl (C=O) groups is 2. The normalized spacial score (nSPS) is 10.6. The van der Waals surface area contributed by atoms with E-state index in [1.807, 2.05) is 32.9 Å². The molecule has 6 heteroatoms. The van der Waals surface area contributed by atoms with Crippen LogP contribution in [0.1, 0.15) is 33.6 Å². The minimum absolute atomic E-state index is 0.0896. The van der Waals surface area contributed by atoms with Crippen LogP contribution >= 0.6 is 0 Å². The Morgan fingerprint density at radius 3 is 2.50 bits per heavy atom. The van der Waals surface area contributed by atoms with Gasteiger partial charge in [-0.1, -0.05) is 51.5 Å². The van der Waals surface area contributed by atoms with E-state index in [2.05, 4.69) is 5.32 Å². The number of nitrogens with zero attached hydrogens (tertiary/aromatic N) is 2. The third-order valence-corrected chi connectivity index (χ3v) is 4.30. The molecule has 0 unspecified atom stereocenters. The fourth-order valence-electron chi connectivity index (χ4n) is 2.77. The number of hydrogen-bond donors (Lipinski definition) is 1. The van der Waals surface area contributed by atoms with Crippen LogP contribution in [-0.2, 0) is 4.79 Å². The van der Waals surface area contributed by atoms with Gasteiger partial charge in [0.2, 0.25) is 5.91 Å². The molecule has 0 saturated heterocycles. The lowest BCUT2D eigenvalue weighted by Crippen LogP contribution is -2.34. The number of amides is 2. The Balaban J connectivity index is 2.12. The van der Waals surface area contributed by atoms with E-state index < -0.39 is 11.5 Å². The summed E-state index contributed by atoms with van der Waals surface area (Å²) >= 11 is 0. The van der Waals surface area contributed by atoms with Crippen molar-refractivity contribution in [2.45, 2.75) is 33.6 Å². The molecule has 0 radical (unpaired) electrons. The van der Waals surface area contributed by atoms with Crippen molar-refractivity contribution >= 4 is 23.4 Å². The third-order valence-electron chi connectivity index (χ3n) is 4.30. The molecule has 0 bridgehead atoms. The summed E-state index contributed by atoms with van der Waals surface area (Å²) in [5.41, 5.74) is 0.629. The summed E-state index contributed by atoms with van der Waals surface area (Å²) in [5.74, 6) is 0.197. The first kappa shape index (κ1) is 21.0. The van der Waals surface area contributed by atoms with Gasteiger partial charge in [-0.3, -0.25) is 9.69 Å². The van der Waals surface area contributed by atoms with Crippen LogP contribution in [0.4, 0.5) is 16.2 Å². The van der Waals surface area contributed by atoms with E-state index in [0.717, 1.165) is 12.8 Å². The standard InChI is InChI=1S/C22H25N3O3/c1-4-13-22(2,3)20(26)24-17-9-8-12-19(16-17)28-21(27)25(15-14-23)18-10-6-5-7-11-18/h5-12,16H,4,13,15H2,1-3H3,(H,24,26). The van der Waals surface area contributed by atoms with E-state index in [1.165, 1.54) is 4.90 Å². The molecule has 0 aliphatic rings. The molecule has 146 valence electrons. The number of nitrogens with one attached hydrogen (secondary N) is 1. The lowest BCUT2D eigenvalue weighted by molar-refractivity contribution is -0.124. The molecule has 0 atom stereocenters. The highest BCUT2D eigenvalue weighted by Gasteiger charge is 2.26. The Bertz CT molecular complexity index is 857. The lowest BCUT2D eigenvalue weighted by atomic mass is 9.87. The summed E-state index contributed by atoms with van der Waals surface area (Å²) in [5, 5.41) is 11.9. The van der Waals surface area contributed by atoms with E-state index >= 15 is 0 Å². The molecule has 2 aromatic carbocycles. The molecular formula is C22H25N3O3. The molecule has 0 aliphatic carbocycles. The highest BCUT2D eigenvalue weighted by molar-refractivity contribution is 5.95. The van der Waals surface area contributed by atoms with Crippen LogP contribution < -0.4 is 15.0 Å². The second-order valence-electron chi connectivity index (χ2n) is 7.06. The second-order valence-corrected chi connectivity index (χ2v) is 7.06. The first-order valence-electron chi connectivity index (χ1n) is 9.20. The van der Waals surface area contributed by atoms with Gasteiger partial charge in [0.05, 0.1) is 6.07 Å². The van der Waals surface area contributed by atoms with Crippen molar-refractivity contribution in [3.05, 3.63) is 54.6 Å². The summed E-state index contributed by atoms with van der Waals surface area (Å²) in [7, 11) is 0. The predicted molar refractivity (Wildman–Crippen MR) is 109 cm³/mol. The van der Waals surface area contributed by atoms with Gasteiger partial charge in [-0.15, -0.1) is 0 Å². The van der Waals surface area contributed by atoms with Crippen molar-refractivity contribution < 1.29 is 14.3 Å². The lowest BCUT2D eigenvalue weighted by Gasteiger charge is -2.23. The van der Waals surface area contributed by atoms with Gasteiger partial charge >= 0.3 is 6.09 Å². The van der Waals surface area contributed by atoms with E-state index in [9.17, 15) is 9.59 Å². The summed E-state index contributed by atoms with van der Waals surface area (Å²) < 4.78 is 5.42. The highest BCUT2D eigenvalue weighted by atomic mass is 16.6. The van der Waals surface area contributed by atoms with Crippen LogP contribution in [0.2, 0.25) is 0 Å². The monoisotopic (exact) mass is 379 g/mol. The summed E-state index contributed by atoms with van der Waals surface area (Å²) in [6.07, 6.45) is 1.02. The molecule has 28 heavy (non-hydrogen) atoms. The molecule has 2 rings (SSSR count). The zero-order chi connectivity index (χ0) is 20.6. The SMILES string of the molecule is CCCC(C)(C)C(=O)Nc1cccc(OC(=O)N(CC#N)c2ccccc2)c1. The zero-order valence-corrected chi connectivity index (χ0v) is 16.4. The number of ether oxygens (including phenoxy) is 1. The Morgan fingerprint density at radius 2 is 1.86 bits per heavy atom. The van der Waals surface area contributed by atoms with Gasteiger partial charge < -0.3 is 10.1 Å². The summed E-state index contributed by atoms with van der Waals surface area (Å²) in [6, 6.07) is 17.5. The topological polar surface area (TPSA) is 82.4 Å². The fraction of sp³-hybridized carbons (Fsp3) is 0.318. The molecule has 6 nitrogen and oxygen atoms in total. The number of benzene rings is 2. The molecule has 0 spiro atoms. The first-order valence-corrected chi connectivity index (χ1v) is 9.20. The van der Waals surface area contributed by atoms with E-state index in [1.54, 1.807) is 48.5 Å². The average Bonchev–Trinajstić information content (AvgIpc) is 2.67. The fourth-order valence-corrected chi connectivity index (χ4v) is 2.77. The molecule has 2 aromatic rings. The number of nitriles is 1. The summed E-state index contributed by atoms with van der Waals surface area (Å²) in [4.78, 5) is 26.3. The van der Waals surface area contributed by atoms with Crippen LogP contribution in [0, 0.1) is 16.7 Å². The van der Waals surface area contributed by atoms with Crippen molar-refractivity contribution in [3.8, 4) is 11.8 Å². The van der Waals surface area contributed by atoms with E-state index in [0.29, 0.717) is 11.4 Å². The van der Waals surface area contributed by atoms with Crippen LogP contribution in [0.15, 0.2) is 54.6 Å². The van der Waals surface area contributed by atoms with Gasteiger partial charge in [0.15, 0.2) is 0 Å². The van der Waals surface area contributed by atoms with Gasteiger partial charge in [-0.05, 0) is 30.7 Å². The largest absolute Gasteiger partial charge is 0.420 e. The van der Waals surface area contributed by atoms with Crippen molar-refractivity contribution in [3.63, 3.8) is 0 Å². The van der Waals surface area contributed by atoms with E-state index in [-0.39, 0.29) is 18.2 Å². The number of anilines is 2. The predicted octanol–water partition coefficient (Wildman–Crippen LogP) is 4.98. The van der Waals surface area contributed by atoms with Crippen molar-refractivity contribution in [2.75, 3.05) is 16.8 Å². The molecule has 2 amide bonds. The molecular weight excluding hydrogens is 354 g/mol. The zero-order valence-electron chi connectivity index (χ0n) is 16.4. The van der Waals surface area contributed by atoms with Gasteiger partial charge in [0, 0.05) is 22.9 Å². The minimum Gasteiger partial charge on any atom is -0.410 e. The van der Waals surface area contributed by atoms with Gasteiger partial charge in [-0.25, -0.2) is 4.79 Å². The van der Waals surface area contributed by atoms with Crippen molar-refractivity contribution in [2.24, 2.45) is 5.41 Å². The Hall–Kier alpha value is -3.33. The number of rotatable bonds is 7. The molecule has 0 aromatic heterocycles. The van der Waals surface area contributed by atoms with Crippen LogP contribution in [0.25, 0.3) is 0 Å². The molecule has 0 heterocycles. The van der Waals surface area contributed by atoms with Crippen LogP contribution in [0.3, 0.4) is 0 Å². The maximum atomic E-state index is 12.5. The van der Waals surface area contributed by atoms with Gasteiger partial charge in [0.25, 0.3) is 0 Å². The molecule has 0 fully saturated rings. The van der Waals surface area contributed by atoms with Crippen molar-refractivity contribution in [1.29, 1.82) is 5.26 Å². The van der Waals surface area contributed by atoms with Crippen LogP contribution in [0.5, 0.6) is 5.75 Å². The van der Waals surface area contributed by atoms with Crippen LogP contribution in [-0.4, -0.2) is 18.5 Å². The third kappa shape index (κ3) is 5.58. The number of para-hydroxylation sites is 1. The van der Waals surface area contributed by atoms with Gasteiger partial charge in [-0.2, -0.15) is 5.26 Å². The van der Waals surface area contributed by atoms with Gasteiger partial charge in [0.1, 0.15) is 12.3 Å². The second kappa shape index (κ2) is 9.56. The number of hydrogen-bond acceptors (Lipinski definition) is 4. The first-order chi connectivity index (χ1) is 13.4. The Labute approximate surface area is 165 Å². The van der Waals surface area contributed by atoms with E-state index in [4.69, 9.17) is 10.00 Å². The maximum absolute atomic E-state index is 12.5. The molecule has 1 N–H and O–H groups in total.